The van der Waals surface area contributed by atoms with Gasteiger partial charge in [0.2, 0.25) is 0 Å². The first kappa shape index (κ1) is 50.9. The van der Waals surface area contributed by atoms with Crippen molar-refractivity contribution in [2.75, 3.05) is 0 Å². The van der Waals surface area contributed by atoms with Gasteiger partial charge in [-0.15, -0.1) is 0 Å². The fourth-order valence-corrected chi connectivity index (χ4v) is 13.0. The third-order valence-corrected chi connectivity index (χ3v) is 16.4. The molecule has 0 aliphatic heterocycles. The van der Waals surface area contributed by atoms with Crippen LogP contribution in [0.1, 0.15) is 200 Å². The largest absolute Gasteiger partial charge is 3.00 e. The number of hydrogen-bond acceptors (Lipinski definition) is 6. The van der Waals surface area contributed by atoms with Gasteiger partial charge in [0.25, 0.3) is 0 Å². The summed E-state index contributed by atoms with van der Waals surface area (Å²) in [7, 11) is 0. The van der Waals surface area contributed by atoms with Crippen LogP contribution < -0.4 is 15.3 Å². The number of hydrogen-bond donors (Lipinski definition) is 0. The van der Waals surface area contributed by atoms with Crippen molar-refractivity contribution in [1.82, 2.24) is 0 Å². The SMILES string of the molecule is CCC1(C(=O)[O-])CC(C)CCC1(CC)C(C)C.CCC1(C(=O)[O-])CC(C)CCC1(CC)C(C)C.CCC1(C(=O)[O-])CC(C)CCC1(CC)C(C)C.[Al+3]. The third-order valence-electron chi connectivity index (χ3n) is 16.4. The second-order valence-electron chi connectivity index (χ2n) is 18.7. The zero-order chi connectivity index (χ0) is 39.8. The van der Waals surface area contributed by atoms with Crippen molar-refractivity contribution in [1.29, 1.82) is 0 Å². The van der Waals surface area contributed by atoms with Gasteiger partial charge in [0.15, 0.2) is 0 Å². The van der Waals surface area contributed by atoms with Crippen molar-refractivity contribution >= 4 is 35.3 Å². The quantitative estimate of drug-likeness (QED) is 0.185. The van der Waals surface area contributed by atoms with Crippen LogP contribution in [0.2, 0.25) is 0 Å². The molecule has 0 heterocycles. The molecular formula is C45H81AlO6. The van der Waals surface area contributed by atoms with Crippen LogP contribution in [0.3, 0.4) is 0 Å². The summed E-state index contributed by atoms with van der Waals surface area (Å²) in [5.41, 5.74) is -2.08. The van der Waals surface area contributed by atoms with Crippen molar-refractivity contribution in [3.63, 3.8) is 0 Å². The summed E-state index contributed by atoms with van der Waals surface area (Å²) >= 11 is 0. The molecule has 0 N–H and O–H groups in total. The minimum absolute atomic E-state index is 0. The van der Waals surface area contributed by atoms with Crippen LogP contribution in [0.5, 0.6) is 0 Å². The van der Waals surface area contributed by atoms with Crippen LogP contribution in [0.15, 0.2) is 0 Å². The topological polar surface area (TPSA) is 120 Å². The fourth-order valence-electron chi connectivity index (χ4n) is 13.0. The predicted octanol–water partition coefficient (Wildman–Crippen LogP) is 8.63. The van der Waals surface area contributed by atoms with E-state index in [0.29, 0.717) is 54.8 Å². The van der Waals surface area contributed by atoms with Crippen LogP contribution in [-0.2, 0) is 14.4 Å². The van der Waals surface area contributed by atoms with Crippen LogP contribution in [0.4, 0.5) is 0 Å². The Bertz CT molecular complexity index is 999. The van der Waals surface area contributed by atoms with Crippen molar-refractivity contribution in [2.24, 2.45) is 68.0 Å². The van der Waals surface area contributed by atoms with Gasteiger partial charge in [0, 0.05) is 34.2 Å². The number of rotatable bonds is 12. The number of carboxylic acid groups (broad SMARTS) is 3. The Kier molecular flexibility index (Phi) is 19.8. The van der Waals surface area contributed by atoms with Crippen molar-refractivity contribution in [2.45, 2.75) is 200 Å². The molecule has 3 aliphatic rings. The second kappa shape index (κ2) is 20.2. The van der Waals surface area contributed by atoms with Gasteiger partial charge in [0.1, 0.15) is 0 Å². The Morgan fingerprint density at radius 1 is 0.462 bits per heavy atom. The van der Waals surface area contributed by atoms with Crippen LogP contribution >= 0.6 is 0 Å². The molecule has 0 spiro atoms. The number of carbonyl (C=O) groups is 3. The van der Waals surface area contributed by atoms with Gasteiger partial charge in [-0.3, -0.25) is 0 Å². The van der Waals surface area contributed by atoms with E-state index < -0.39 is 34.2 Å². The van der Waals surface area contributed by atoms with Gasteiger partial charge in [-0.05, 0) is 129 Å². The Hall–Kier alpha value is -1.06. The van der Waals surface area contributed by atoms with Gasteiger partial charge in [0.05, 0.1) is 0 Å². The Morgan fingerprint density at radius 3 is 0.769 bits per heavy atom. The molecular weight excluding hydrogens is 663 g/mol. The van der Waals surface area contributed by atoms with Crippen molar-refractivity contribution < 1.29 is 29.7 Å². The van der Waals surface area contributed by atoms with E-state index in [-0.39, 0.29) is 33.6 Å². The molecule has 7 heteroatoms. The van der Waals surface area contributed by atoms with E-state index in [0.717, 1.165) is 77.0 Å². The summed E-state index contributed by atoms with van der Waals surface area (Å²) in [6.07, 6.45) is 13.9. The predicted molar refractivity (Wildman–Crippen MR) is 211 cm³/mol. The summed E-state index contributed by atoms with van der Waals surface area (Å²) in [6, 6.07) is 0. The maximum Gasteiger partial charge on any atom is 3.00 e. The third kappa shape index (κ3) is 8.82. The summed E-state index contributed by atoms with van der Waals surface area (Å²) in [5, 5.41) is 35.5. The van der Waals surface area contributed by atoms with Crippen molar-refractivity contribution in [3.8, 4) is 0 Å². The van der Waals surface area contributed by atoms with Crippen LogP contribution in [0, 0.1) is 68.0 Å². The van der Waals surface area contributed by atoms with Crippen LogP contribution in [-0.4, -0.2) is 35.3 Å². The summed E-state index contributed by atoms with van der Waals surface area (Å²) in [4.78, 5) is 35.5. The minimum Gasteiger partial charge on any atom is -0.550 e. The smallest absolute Gasteiger partial charge is 0.550 e. The molecule has 3 fully saturated rings. The molecule has 0 aromatic rings. The number of carbonyl (C=O) groups excluding carboxylic acids is 3. The van der Waals surface area contributed by atoms with Crippen molar-refractivity contribution in [3.05, 3.63) is 0 Å². The molecule has 9 unspecified atom stereocenters. The molecule has 3 aliphatic carbocycles. The standard InChI is InChI=1S/3C15H28O2.Al/c3*1-6-14(11(3)4)9-8-12(5)10-15(14,7-2)13(16)17;/h3*11-12H,6-10H2,1-5H3,(H,16,17);/q;;;+3/p-3. The molecule has 300 valence electrons. The number of aliphatic carboxylic acids is 3. The van der Waals surface area contributed by atoms with Gasteiger partial charge in [-0.1, -0.05) is 123 Å². The second-order valence-corrected chi connectivity index (χ2v) is 18.7. The summed E-state index contributed by atoms with van der Waals surface area (Å²) in [6.45, 7) is 32.0. The molecule has 0 aromatic heterocycles. The Balaban J connectivity index is 0.000000743. The molecule has 0 aromatic carbocycles. The molecule has 0 saturated heterocycles. The van der Waals surface area contributed by atoms with Gasteiger partial charge in [-0.2, -0.15) is 0 Å². The maximum absolute atomic E-state index is 11.8. The monoisotopic (exact) mass is 745 g/mol. The van der Waals surface area contributed by atoms with Gasteiger partial charge < -0.3 is 29.7 Å². The molecule has 52 heavy (non-hydrogen) atoms. The average molecular weight is 745 g/mol. The first-order valence-corrected chi connectivity index (χ1v) is 21.2. The minimum atomic E-state index is -0.817. The first-order chi connectivity index (χ1) is 23.6. The molecule has 6 nitrogen and oxygen atoms in total. The van der Waals surface area contributed by atoms with E-state index in [4.69, 9.17) is 0 Å². The van der Waals surface area contributed by atoms with E-state index >= 15 is 0 Å². The van der Waals surface area contributed by atoms with E-state index in [1.807, 2.05) is 20.8 Å². The Morgan fingerprint density at radius 2 is 0.654 bits per heavy atom. The first-order valence-electron chi connectivity index (χ1n) is 21.2. The van der Waals surface area contributed by atoms with E-state index in [9.17, 15) is 29.7 Å². The fraction of sp³-hybridized carbons (Fsp3) is 0.933. The molecule has 3 saturated carbocycles. The van der Waals surface area contributed by atoms with E-state index in [2.05, 4.69) is 83.1 Å². The maximum atomic E-state index is 11.8. The average Bonchev–Trinajstić information content (AvgIpc) is 3.07. The Labute approximate surface area is 332 Å². The van der Waals surface area contributed by atoms with Crippen LogP contribution in [0.25, 0.3) is 0 Å². The summed E-state index contributed by atoms with van der Waals surface area (Å²) < 4.78 is 0. The molecule has 0 bridgehead atoms. The van der Waals surface area contributed by atoms with Gasteiger partial charge >= 0.3 is 17.4 Å². The zero-order valence-corrected chi connectivity index (χ0v) is 37.8. The summed E-state index contributed by atoms with van der Waals surface area (Å²) in [5.74, 6) is 0.267. The molecule has 0 radical (unpaired) electrons. The van der Waals surface area contributed by atoms with Gasteiger partial charge in [-0.25, -0.2) is 0 Å². The molecule has 9 atom stereocenters. The number of carboxylic acids is 3. The zero-order valence-electron chi connectivity index (χ0n) is 36.6. The molecule has 3 rings (SSSR count). The molecule has 0 amide bonds. The normalized spacial score (nSPS) is 37.6. The van der Waals surface area contributed by atoms with E-state index in [1.165, 1.54) is 0 Å². The van der Waals surface area contributed by atoms with E-state index in [1.54, 1.807) is 0 Å².